The number of halogens is 1. The van der Waals surface area contributed by atoms with Crippen LogP contribution in [0.2, 0.25) is 0 Å². The maximum absolute atomic E-state index is 11.4. The summed E-state index contributed by atoms with van der Waals surface area (Å²) in [5.74, 6) is -1.43. The van der Waals surface area contributed by atoms with Crippen LogP contribution in [0.15, 0.2) is 28.7 Å². The maximum atomic E-state index is 11.4. The smallest absolute Gasteiger partial charge is 0.329 e. The summed E-state index contributed by atoms with van der Waals surface area (Å²) in [5.41, 5.74) is 0.963. The lowest BCUT2D eigenvalue weighted by atomic mass is 10.1. The third-order valence-electron chi connectivity index (χ3n) is 2.21. The van der Waals surface area contributed by atoms with Crippen LogP contribution >= 0.6 is 15.9 Å². The molecule has 98 valence electrons. The lowest BCUT2D eigenvalue weighted by Gasteiger charge is -2.14. The molecule has 1 rings (SSSR count). The van der Waals surface area contributed by atoms with Gasteiger partial charge >= 0.3 is 5.97 Å². The summed E-state index contributed by atoms with van der Waals surface area (Å²) in [5, 5.41) is 11.1. The van der Waals surface area contributed by atoms with Crippen LogP contribution in [0.5, 0.6) is 0 Å². The van der Waals surface area contributed by atoms with E-state index >= 15 is 0 Å². The Kier molecular flexibility index (Phi) is 5.80. The molecule has 2 N–H and O–H groups in total. The molecule has 5 nitrogen and oxygen atoms in total. The number of carbonyl (C=O) groups excluding carboxylic acids is 1. The number of hydrogen-bond donors (Lipinski definition) is 2. The van der Waals surface area contributed by atoms with Gasteiger partial charge in [-0.3, -0.25) is 4.79 Å². The molecule has 1 atom stereocenters. The van der Waals surface area contributed by atoms with Crippen LogP contribution in [0.3, 0.4) is 0 Å². The lowest BCUT2D eigenvalue weighted by molar-refractivity contribution is -0.143. The van der Waals surface area contributed by atoms with E-state index in [2.05, 4.69) is 21.2 Å². The summed E-state index contributed by atoms with van der Waals surface area (Å²) in [6, 6.07) is 7.41. The third kappa shape index (κ3) is 5.29. The first-order valence-corrected chi connectivity index (χ1v) is 6.12. The molecule has 0 spiro atoms. The largest absolute Gasteiger partial charge is 0.480 e. The molecular formula is C12H14BrNO4. The van der Waals surface area contributed by atoms with Crippen LogP contribution in [0, 0.1) is 0 Å². The lowest BCUT2D eigenvalue weighted by Crippen LogP contribution is -2.30. The van der Waals surface area contributed by atoms with Gasteiger partial charge in [-0.25, -0.2) is 4.79 Å². The molecule has 0 aliphatic carbocycles. The minimum Gasteiger partial charge on any atom is -0.480 e. The van der Waals surface area contributed by atoms with E-state index in [1.54, 1.807) is 0 Å². The van der Waals surface area contributed by atoms with E-state index in [1.807, 2.05) is 31.2 Å². The Morgan fingerprint density at radius 2 is 1.94 bits per heavy atom. The second-order valence-electron chi connectivity index (χ2n) is 3.73. The van der Waals surface area contributed by atoms with E-state index in [9.17, 15) is 9.59 Å². The molecule has 0 aliphatic rings. The number of carboxylic acid groups (broad SMARTS) is 1. The van der Waals surface area contributed by atoms with E-state index < -0.39 is 12.6 Å². The molecule has 0 fully saturated rings. The van der Waals surface area contributed by atoms with Crippen molar-refractivity contribution in [2.45, 2.75) is 13.0 Å². The summed E-state index contributed by atoms with van der Waals surface area (Å²) < 4.78 is 5.66. The zero-order chi connectivity index (χ0) is 13.5. The van der Waals surface area contributed by atoms with Crippen molar-refractivity contribution in [1.29, 1.82) is 0 Å². The fourth-order valence-corrected chi connectivity index (χ4v) is 1.61. The third-order valence-corrected chi connectivity index (χ3v) is 2.73. The van der Waals surface area contributed by atoms with E-state index in [4.69, 9.17) is 9.84 Å². The highest BCUT2D eigenvalue weighted by Crippen LogP contribution is 2.16. The second kappa shape index (κ2) is 7.13. The summed E-state index contributed by atoms with van der Waals surface area (Å²) in [7, 11) is 0. The molecule has 1 unspecified atom stereocenters. The van der Waals surface area contributed by atoms with Gasteiger partial charge < -0.3 is 15.2 Å². The number of carbonyl (C=O) groups is 2. The minimum atomic E-state index is -1.09. The minimum absolute atomic E-state index is 0.154. The number of amides is 1. The van der Waals surface area contributed by atoms with Crippen molar-refractivity contribution in [3.05, 3.63) is 34.3 Å². The van der Waals surface area contributed by atoms with Crippen molar-refractivity contribution in [2.75, 3.05) is 13.2 Å². The van der Waals surface area contributed by atoms with Crippen LogP contribution in [0.1, 0.15) is 18.5 Å². The standard InChI is InChI=1S/C12H14BrNO4/c1-8(9-2-4-10(13)5-3-9)14-11(15)6-18-7-12(16)17/h2-5,8H,6-7H2,1H3,(H,14,15)(H,16,17). The van der Waals surface area contributed by atoms with Gasteiger partial charge in [-0.2, -0.15) is 0 Å². The van der Waals surface area contributed by atoms with Gasteiger partial charge in [-0.05, 0) is 24.6 Å². The first kappa shape index (κ1) is 14.7. The van der Waals surface area contributed by atoms with Gasteiger partial charge in [0.15, 0.2) is 0 Å². The Hall–Kier alpha value is -1.40. The SMILES string of the molecule is CC(NC(=O)COCC(=O)O)c1ccc(Br)cc1. The molecule has 1 amide bonds. The summed E-state index contributed by atoms with van der Waals surface area (Å²) in [6.07, 6.45) is 0. The van der Waals surface area contributed by atoms with Gasteiger partial charge in [0.1, 0.15) is 13.2 Å². The number of carboxylic acids is 1. The highest BCUT2D eigenvalue weighted by Gasteiger charge is 2.10. The normalized spacial score (nSPS) is 11.9. The Labute approximate surface area is 113 Å². The molecule has 0 aromatic heterocycles. The number of aliphatic carboxylic acids is 1. The second-order valence-corrected chi connectivity index (χ2v) is 4.64. The first-order chi connectivity index (χ1) is 8.49. The zero-order valence-electron chi connectivity index (χ0n) is 9.85. The maximum Gasteiger partial charge on any atom is 0.329 e. The van der Waals surface area contributed by atoms with Crippen molar-refractivity contribution in [3.8, 4) is 0 Å². The monoisotopic (exact) mass is 315 g/mol. The molecule has 6 heteroatoms. The molecule has 0 bridgehead atoms. The van der Waals surface area contributed by atoms with Gasteiger partial charge in [0, 0.05) is 4.47 Å². The Balaban J connectivity index is 2.39. The average Bonchev–Trinajstić information content (AvgIpc) is 2.29. The quantitative estimate of drug-likeness (QED) is 0.838. The Bertz CT molecular complexity index is 419. The van der Waals surface area contributed by atoms with Crippen LogP contribution < -0.4 is 5.32 Å². The van der Waals surface area contributed by atoms with Gasteiger partial charge in [0.25, 0.3) is 0 Å². The van der Waals surface area contributed by atoms with Gasteiger partial charge in [-0.15, -0.1) is 0 Å². The number of nitrogens with one attached hydrogen (secondary N) is 1. The van der Waals surface area contributed by atoms with Gasteiger partial charge in [-0.1, -0.05) is 28.1 Å². The number of ether oxygens (including phenoxy) is 1. The van der Waals surface area contributed by atoms with Crippen molar-refractivity contribution in [3.63, 3.8) is 0 Å². The van der Waals surface area contributed by atoms with E-state index in [0.717, 1.165) is 10.0 Å². The van der Waals surface area contributed by atoms with Crippen LogP contribution in [0.4, 0.5) is 0 Å². The molecule has 0 saturated carbocycles. The van der Waals surface area contributed by atoms with Gasteiger partial charge in [0.2, 0.25) is 5.91 Å². The summed E-state index contributed by atoms with van der Waals surface area (Å²) >= 11 is 3.33. The molecular weight excluding hydrogens is 302 g/mol. The highest BCUT2D eigenvalue weighted by atomic mass is 79.9. The molecule has 0 radical (unpaired) electrons. The molecule has 0 saturated heterocycles. The summed E-state index contributed by atoms with van der Waals surface area (Å²) in [4.78, 5) is 21.6. The molecule has 1 aromatic rings. The van der Waals surface area contributed by atoms with Crippen LogP contribution in [-0.2, 0) is 14.3 Å². The Morgan fingerprint density at radius 1 is 1.33 bits per heavy atom. The fraction of sp³-hybridized carbons (Fsp3) is 0.333. The topological polar surface area (TPSA) is 75.6 Å². The van der Waals surface area contributed by atoms with E-state index in [-0.39, 0.29) is 18.6 Å². The fourth-order valence-electron chi connectivity index (χ4n) is 1.35. The van der Waals surface area contributed by atoms with Gasteiger partial charge in [0.05, 0.1) is 6.04 Å². The highest BCUT2D eigenvalue weighted by molar-refractivity contribution is 9.10. The van der Waals surface area contributed by atoms with Crippen LogP contribution in [-0.4, -0.2) is 30.2 Å². The predicted molar refractivity (Wildman–Crippen MR) is 69.2 cm³/mol. The van der Waals surface area contributed by atoms with Crippen molar-refractivity contribution in [1.82, 2.24) is 5.32 Å². The predicted octanol–water partition coefficient (Wildman–Crippen LogP) is 1.73. The van der Waals surface area contributed by atoms with E-state index in [0.29, 0.717) is 0 Å². The average molecular weight is 316 g/mol. The number of hydrogen-bond acceptors (Lipinski definition) is 3. The number of benzene rings is 1. The van der Waals surface area contributed by atoms with Crippen LogP contribution in [0.25, 0.3) is 0 Å². The summed E-state index contributed by atoms with van der Waals surface area (Å²) in [6.45, 7) is 1.12. The zero-order valence-corrected chi connectivity index (χ0v) is 11.4. The Morgan fingerprint density at radius 3 is 2.50 bits per heavy atom. The van der Waals surface area contributed by atoms with Crippen molar-refractivity contribution in [2.24, 2.45) is 0 Å². The molecule has 0 aliphatic heterocycles. The van der Waals surface area contributed by atoms with E-state index in [1.165, 1.54) is 0 Å². The first-order valence-electron chi connectivity index (χ1n) is 5.33. The van der Waals surface area contributed by atoms with Crippen molar-refractivity contribution >= 4 is 27.8 Å². The molecule has 18 heavy (non-hydrogen) atoms. The number of rotatable bonds is 6. The van der Waals surface area contributed by atoms with Crippen molar-refractivity contribution < 1.29 is 19.4 Å². The molecule has 0 heterocycles. The molecule has 1 aromatic carbocycles.